The Hall–Kier alpha value is -2.32. The van der Waals surface area contributed by atoms with Crippen LogP contribution in [-0.2, 0) is 41.6 Å². The summed E-state index contributed by atoms with van der Waals surface area (Å²) in [6, 6.07) is 14.6. The highest BCUT2D eigenvalue weighted by Gasteiger charge is 2.17. The van der Waals surface area contributed by atoms with E-state index in [1.165, 1.54) is 11.2 Å². The molecule has 0 fully saturated rings. The number of hydrogen-bond donors (Lipinski definition) is 1. The molecule has 0 saturated carbocycles. The number of thioether (sulfide) groups is 1. The monoisotopic (exact) mass is 507 g/mol. The fraction of sp³-hybridized carbons (Fsp3) is 0.462. The Labute approximate surface area is 208 Å². The molecule has 0 aromatic heterocycles. The second kappa shape index (κ2) is 12.4. The highest BCUT2D eigenvalue weighted by atomic mass is 32.2. The first-order valence-corrected chi connectivity index (χ1v) is 14.1. The zero-order valence-electron chi connectivity index (χ0n) is 21.4. The summed E-state index contributed by atoms with van der Waals surface area (Å²) in [4.78, 5) is 24.8. The van der Waals surface area contributed by atoms with E-state index in [1.54, 1.807) is 36.0 Å². The molecule has 2 aromatic rings. The highest BCUT2D eigenvalue weighted by molar-refractivity contribution is 7.98. The molecule has 34 heavy (non-hydrogen) atoms. The quantitative estimate of drug-likeness (QED) is 0.386. The molecule has 6 nitrogen and oxygen atoms in total. The van der Waals surface area contributed by atoms with Crippen molar-refractivity contribution in [3.05, 3.63) is 59.7 Å². The van der Waals surface area contributed by atoms with Crippen LogP contribution in [0.1, 0.15) is 52.7 Å². The lowest BCUT2D eigenvalue weighted by Gasteiger charge is -2.19. The Morgan fingerprint density at radius 3 is 1.44 bits per heavy atom. The average Bonchev–Trinajstić information content (AvgIpc) is 2.66. The van der Waals surface area contributed by atoms with Crippen molar-refractivity contribution >= 4 is 33.4 Å². The van der Waals surface area contributed by atoms with Gasteiger partial charge in [0.2, 0.25) is 0 Å². The van der Waals surface area contributed by atoms with E-state index in [4.69, 9.17) is 14.3 Å². The van der Waals surface area contributed by atoms with Gasteiger partial charge in [-0.05, 0) is 83.2 Å². The van der Waals surface area contributed by atoms with Gasteiger partial charge in [-0.1, -0.05) is 24.3 Å². The maximum atomic E-state index is 11.6. The Balaban J connectivity index is 0.000000342. The number of nitrogens with one attached hydrogen (secondary N) is 1. The van der Waals surface area contributed by atoms with Gasteiger partial charge in [0.25, 0.3) is 0 Å². The standard InChI is InChI=1S/C13H19NO3S.C13H18O2S/c1-13(2,3)17-12(15)9-10-5-7-11(8-6-10)18(4,14)16;1-13(2,3)15-12(14)9-10-5-7-11(16-4)8-6-10/h5-8,14H,9H2,1-4H3;5-8H,9H2,1-4H3. The zero-order chi connectivity index (χ0) is 26.2. The van der Waals surface area contributed by atoms with Crippen molar-refractivity contribution in [2.45, 2.75) is 75.4 Å². The van der Waals surface area contributed by atoms with Gasteiger partial charge in [-0.3, -0.25) is 9.59 Å². The Morgan fingerprint density at radius 1 is 0.794 bits per heavy atom. The molecule has 1 atom stereocenters. The number of rotatable bonds is 6. The second-order valence-corrected chi connectivity index (χ2v) is 12.9. The summed E-state index contributed by atoms with van der Waals surface area (Å²) >= 11 is 1.69. The fourth-order valence-corrected chi connectivity index (χ4v) is 3.76. The van der Waals surface area contributed by atoms with E-state index in [9.17, 15) is 13.8 Å². The molecule has 0 saturated heterocycles. The van der Waals surface area contributed by atoms with Crippen LogP contribution in [0.5, 0.6) is 0 Å². The number of carbonyl (C=O) groups is 2. The van der Waals surface area contributed by atoms with Gasteiger partial charge >= 0.3 is 11.9 Å². The summed E-state index contributed by atoms with van der Waals surface area (Å²) in [5.74, 6) is -0.470. The summed E-state index contributed by atoms with van der Waals surface area (Å²) in [5.41, 5.74) is 0.885. The average molecular weight is 508 g/mol. The number of carbonyl (C=O) groups excluding carboxylic acids is 2. The van der Waals surface area contributed by atoms with Crippen LogP contribution in [0.4, 0.5) is 0 Å². The second-order valence-electron chi connectivity index (χ2n) is 9.86. The first kappa shape index (κ1) is 29.7. The lowest BCUT2D eigenvalue weighted by Crippen LogP contribution is -2.24. The molecule has 1 N–H and O–H groups in total. The summed E-state index contributed by atoms with van der Waals surface area (Å²) in [5, 5.41) is 0. The first-order valence-electron chi connectivity index (χ1n) is 10.9. The van der Waals surface area contributed by atoms with E-state index in [2.05, 4.69) is 0 Å². The van der Waals surface area contributed by atoms with E-state index < -0.39 is 20.9 Å². The predicted molar refractivity (Wildman–Crippen MR) is 139 cm³/mol. The molecule has 0 heterocycles. The van der Waals surface area contributed by atoms with E-state index in [1.807, 2.05) is 72.1 Å². The van der Waals surface area contributed by atoms with Gasteiger partial charge in [0, 0.05) is 16.0 Å². The van der Waals surface area contributed by atoms with E-state index >= 15 is 0 Å². The first-order chi connectivity index (χ1) is 15.5. The van der Waals surface area contributed by atoms with Gasteiger partial charge < -0.3 is 9.47 Å². The third-order valence-corrected chi connectivity index (χ3v) is 5.98. The summed E-state index contributed by atoms with van der Waals surface area (Å²) in [7, 11) is -2.69. The number of benzene rings is 2. The van der Waals surface area contributed by atoms with Crippen LogP contribution in [0.2, 0.25) is 0 Å². The van der Waals surface area contributed by atoms with E-state index in [-0.39, 0.29) is 18.4 Å². The van der Waals surface area contributed by atoms with Gasteiger partial charge in [0.15, 0.2) is 0 Å². The van der Waals surface area contributed by atoms with Crippen LogP contribution in [0.15, 0.2) is 58.3 Å². The van der Waals surface area contributed by atoms with Crippen molar-refractivity contribution in [3.8, 4) is 0 Å². The topological polar surface area (TPSA) is 93.5 Å². The smallest absolute Gasteiger partial charge is 0.310 e. The van der Waals surface area contributed by atoms with Gasteiger partial charge in [0.1, 0.15) is 11.2 Å². The largest absolute Gasteiger partial charge is 0.460 e. The Bertz CT molecular complexity index is 1050. The van der Waals surface area contributed by atoms with Crippen LogP contribution < -0.4 is 0 Å². The molecular formula is C26H37NO5S2. The Morgan fingerprint density at radius 2 is 1.15 bits per heavy atom. The van der Waals surface area contributed by atoms with Crippen LogP contribution >= 0.6 is 11.8 Å². The minimum absolute atomic E-state index is 0.176. The van der Waals surface area contributed by atoms with E-state index in [0.29, 0.717) is 11.3 Å². The summed E-state index contributed by atoms with van der Waals surface area (Å²) < 4.78 is 29.4. The molecule has 0 radical (unpaired) electrons. The molecule has 1 unspecified atom stereocenters. The van der Waals surface area contributed by atoms with Crippen molar-refractivity contribution in [2.24, 2.45) is 0 Å². The van der Waals surface area contributed by atoms with Crippen LogP contribution in [-0.4, -0.2) is 39.9 Å². The number of esters is 2. The third kappa shape index (κ3) is 12.8. The number of ether oxygens (including phenoxy) is 2. The molecule has 0 aliphatic carbocycles. The summed E-state index contributed by atoms with van der Waals surface area (Å²) in [6.07, 6.45) is 3.92. The number of hydrogen-bond acceptors (Lipinski definition) is 7. The lowest BCUT2D eigenvalue weighted by atomic mass is 10.1. The zero-order valence-corrected chi connectivity index (χ0v) is 23.0. The van der Waals surface area contributed by atoms with E-state index in [0.717, 1.165) is 11.1 Å². The minimum Gasteiger partial charge on any atom is -0.460 e. The summed E-state index contributed by atoms with van der Waals surface area (Å²) in [6.45, 7) is 11.1. The van der Waals surface area contributed by atoms with Crippen molar-refractivity contribution in [1.82, 2.24) is 0 Å². The van der Waals surface area contributed by atoms with Crippen LogP contribution in [0.3, 0.4) is 0 Å². The lowest BCUT2D eigenvalue weighted by molar-refractivity contribution is -0.155. The van der Waals surface area contributed by atoms with Gasteiger partial charge in [-0.25, -0.2) is 8.99 Å². The van der Waals surface area contributed by atoms with Crippen molar-refractivity contribution in [2.75, 3.05) is 12.5 Å². The molecule has 0 aliphatic heterocycles. The fourth-order valence-electron chi connectivity index (χ4n) is 2.70. The van der Waals surface area contributed by atoms with Crippen LogP contribution in [0.25, 0.3) is 0 Å². The highest BCUT2D eigenvalue weighted by Crippen LogP contribution is 2.16. The van der Waals surface area contributed by atoms with Crippen molar-refractivity contribution in [1.29, 1.82) is 4.78 Å². The molecule has 8 heteroatoms. The van der Waals surface area contributed by atoms with Gasteiger partial charge in [-0.15, -0.1) is 11.8 Å². The maximum absolute atomic E-state index is 11.6. The van der Waals surface area contributed by atoms with Crippen molar-refractivity contribution in [3.63, 3.8) is 0 Å². The third-order valence-electron chi connectivity index (χ3n) is 4.07. The molecule has 0 amide bonds. The van der Waals surface area contributed by atoms with Gasteiger partial charge in [0.05, 0.1) is 22.6 Å². The Kier molecular flexibility index (Phi) is 10.8. The van der Waals surface area contributed by atoms with Gasteiger partial charge in [-0.2, -0.15) is 0 Å². The minimum atomic E-state index is -2.69. The molecule has 0 bridgehead atoms. The predicted octanol–water partition coefficient (Wildman–Crippen LogP) is 5.90. The molecule has 0 aliphatic rings. The molecule has 0 spiro atoms. The molecule has 188 valence electrons. The maximum Gasteiger partial charge on any atom is 0.310 e. The molecule has 2 aromatic carbocycles. The molecular weight excluding hydrogens is 470 g/mol. The SMILES string of the molecule is CC(C)(C)OC(=O)Cc1ccc(S(C)(=N)=O)cc1.CSc1ccc(CC(=O)OC(C)(C)C)cc1. The van der Waals surface area contributed by atoms with Crippen molar-refractivity contribution < 1.29 is 23.3 Å². The molecule has 2 rings (SSSR count). The van der Waals surface area contributed by atoms with Crippen LogP contribution in [0, 0.1) is 4.78 Å². The normalized spacial score (nSPS) is 13.2.